The van der Waals surface area contributed by atoms with Gasteiger partial charge in [0.1, 0.15) is 0 Å². The summed E-state index contributed by atoms with van der Waals surface area (Å²) >= 11 is 0. The van der Waals surface area contributed by atoms with E-state index in [0.29, 0.717) is 11.4 Å². The van der Waals surface area contributed by atoms with Gasteiger partial charge >= 0.3 is 0 Å². The van der Waals surface area contributed by atoms with Gasteiger partial charge in [0.15, 0.2) is 0 Å². The lowest BCUT2D eigenvalue weighted by atomic mass is 10.1. The minimum atomic E-state index is -3.78. The molecule has 2 amide bonds. The van der Waals surface area contributed by atoms with Crippen LogP contribution in [0.25, 0.3) is 0 Å². The average Bonchev–Trinajstić information content (AvgIpc) is 2.59. The van der Waals surface area contributed by atoms with Crippen LogP contribution in [0.15, 0.2) is 41.3 Å². The highest BCUT2D eigenvalue weighted by atomic mass is 32.2. The van der Waals surface area contributed by atoms with Crippen molar-refractivity contribution in [2.75, 3.05) is 24.2 Å². The second kappa shape index (κ2) is 8.53. The topological polar surface area (TPSA) is 95.6 Å². The first-order valence-corrected chi connectivity index (χ1v) is 10.2. The summed E-state index contributed by atoms with van der Waals surface area (Å²) in [7, 11) is -2.42. The maximum Gasteiger partial charge on any atom is 0.243 e. The van der Waals surface area contributed by atoms with Gasteiger partial charge in [-0.05, 0) is 61.7 Å². The summed E-state index contributed by atoms with van der Waals surface area (Å²) < 4.78 is 26.4. The number of carbonyl (C=O) groups is 2. The Morgan fingerprint density at radius 1 is 0.929 bits per heavy atom. The fraction of sp³-hybridized carbons (Fsp3) is 0.300. The Labute approximate surface area is 165 Å². The standard InChI is InChI=1S/C20H25N3O4S/c1-13-7-9-18(10-15(13)3)28(26,27)23(5)12-20(25)22-17-8-6-14(2)19(11-17)21-16(4)24/h6-11H,12H2,1-5H3,(H,21,24)(H,22,25). The second-order valence-corrected chi connectivity index (χ2v) is 8.81. The summed E-state index contributed by atoms with van der Waals surface area (Å²) in [5.41, 5.74) is 3.76. The third kappa shape index (κ3) is 5.17. The zero-order valence-electron chi connectivity index (χ0n) is 16.7. The van der Waals surface area contributed by atoms with Crippen molar-refractivity contribution in [2.24, 2.45) is 0 Å². The second-order valence-electron chi connectivity index (χ2n) is 6.77. The van der Waals surface area contributed by atoms with Gasteiger partial charge in [0, 0.05) is 25.3 Å². The number of aryl methyl sites for hydroxylation is 3. The molecule has 0 saturated carbocycles. The number of amides is 2. The van der Waals surface area contributed by atoms with Crippen LogP contribution < -0.4 is 10.6 Å². The maximum atomic E-state index is 12.7. The highest BCUT2D eigenvalue weighted by Crippen LogP contribution is 2.21. The molecule has 7 nitrogen and oxygen atoms in total. The lowest BCUT2D eigenvalue weighted by molar-refractivity contribution is -0.116. The monoisotopic (exact) mass is 403 g/mol. The molecule has 28 heavy (non-hydrogen) atoms. The summed E-state index contributed by atoms with van der Waals surface area (Å²) in [5.74, 6) is -0.696. The van der Waals surface area contributed by atoms with Crippen molar-refractivity contribution in [3.8, 4) is 0 Å². The van der Waals surface area contributed by atoms with Crippen molar-refractivity contribution in [1.82, 2.24) is 4.31 Å². The van der Waals surface area contributed by atoms with Gasteiger partial charge in [-0.2, -0.15) is 4.31 Å². The predicted molar refractivity (Wildman–Crippen MR) is 110 cm³/mol. The minimum absolute atomic E-state index is 0.147. The van der Waals surface area contributed by atoms with Crippen LogP contribution in [0.1, 0.15) is 23.6 Å². The third-order valence-corrected chi connectivity index (χ3v) is 6.18. The molecule has 2 aromatic carbocycles. The summed E-state index contributed by atoms with van der Waals surface area (Å²) in [6.07, 6.45) is 0. The first-order valence-electron chi connectivity index (χ1n) is 8.72. The summed E-state index contributed by atoms with van der Waals surface area (Å²) in [6.45, 7) is 6.64. The Hall–Kier alpha value is -2.71. The maximum absolute atomic E-state index is 12.7. The largest absolute Gasteiger partial charge is 0.326 e. The van der Waals surface area contributed by atoms with Crippen LogP contribution in [0.3, 0.4) is 0 Å². The van der Waals surface area contributed by atoms with Gasteiger partial charge in [-0.25, -0.2) is 8.42 Å². The molecule has 2 aromatic rings. The van der Waals surface area contributed by atoms with Crippen molar-refractivity contribution < 1.29 is 18.0 Å². The third-order valence-electron chi connectivity index (χ3n) is 4.38. The number of sulfonamides is 1. The summed E-state index contributed by atoms with van der Waals surface area (Å²) in [4.78, 5) is 23.7. The lowest BCUT2D eigenvalue weighted by Gasteiger charge is -2.18. The SMILES string of the molecule is CC(=O)Nc1cc(NC(=O)CN(C)S(=O)(=O)c2ccc(C)c(C)c2)ccc1C. The van der Waals surface area contributed by atoms with E-state index in [9.17, 15) is 18.0 Å². The minimum Gasteiger partial charge on any atom is -0.326 e. The molecule has 0 aromatic heterocycles. The smallest absolute Gasteiger partial charge is 0.243 e. The van der Waals surface area contributed by atoms with E-state index in [1.165, 1.54) is 20.0 Å². The van der Waals surface area contributed by atoms with Crippen LogP contribution in [0.5, 0.6) is 0 Å². The Bertz CT molecular complexity index is 1020. The van der Waals surface area contributed by atoms with E-state index in [0.717, 1.165) is 21.0 Å². The molecule has 0 spiro atoms. The number of hydrogen-bond acceptors (Lipinski definition) is 4. The van der Waals surface area contributed by atoms with E-state index >= 15 is 0 Å². The van der Waals surface area contributed by atoms with Gasteiger partial charge in [0.2, 0.25) is 21.8 Å². The van der Waals surface area contributed by atoms with Crippen molar-refractivity contribution in [1.29, 1.82) is 0 Å². The molecule has 8 heteroatoms. The molecule has 0 atom stereocenters. The predicted octanol–water partition coefficient (Wildman–Crippen LogP) is 2.83. The number of nitrogens with one attached hydrogen (secondary N) is 2. The van der Waals surface area contributed by atoms with Crippen LogP contribution >= 0.6 is 0 Å². The van der Waals surface area contributed by atoms with E-state index in [4.69, 9.17) is 0 Å². The zero-order chi connectivity index (χ0) is 21.1. The van der Waals surface area contributed by atoms with Crippen LogP contribution in [0, 0.1) is 20.8 Å². The molecule has 0 bridgehead atoms. The fourth-order valence-electron chi connectivity index (χ4n) is 2.57. The number of hydrogen-bond donors (Lipinski definition) is 2. The Kier molecular flexibility index (Phi) is 6.58. The normalized spacial score (nSPS) is 11.4. The van der Waals surface area contributed by atoms with Crippen molar-refractivity contribution in [2.45, 2.75) is 32.6 Å². The molecule has 0 radical (unpaired) electrons. The molecule has 0 aliphatic rings. The van der Waals surface area contributed by atoms with E-state index < -0.39 is 15.9 Å². The molecule has 0 heterocycles. The molecular formula is C20H25N3O4S. The van der Waals surface area contributed by atoms with Crippen LogP contribution in [-0.4, -0.2) is 38.1 Å². The molecule has 0 fully saturated rings. The number of likely N-dealkylation sites (N-methyl/N-ethyl adjacent to an activating group) is 1. The number of anilines is 2. The van der Waals surface area contributed by atoms with Gasteiger partial charge in [-0.1, -0.05) is 12.1 Å². The molecule has 0 saturated heterocycles. The molecule has 2 N–H and O–H groups in total. The molecule has 0 unspecified atom stereocenters. The lowest BCUT2D eigenvalue weighted by Crippen LogP contribution is -2.35. The quantitative estimate of drug-likeness (QED) is 0.775. The molecule has 0 aliphatic heterocycles. The van der Waals surface area contributed by atoms with Crippen LogP contribution in [0.2, 0.25) is 0 Å². The van der Waals surface area contributed by atoms with Gasteiger partial charge in [0.05, 0.1) is 11.4 Å². The zero-order valence-corrected chi connectivity index (χ0v) is 17.5. The van der Waals surface area contributed by atoms with Gasteiger partial charge < -0.3 is 10.6 Å². The summed E-state index contributed by atoms with van der Waals surface area (Å²) in [6, 6.07) is 9.95. The molecule has 150 valence electrons. The Morgan fingerprint density at radius 3 is 2.18 bits per heavy atom. The van der Waals surface area contributed by atoms with Gasteiger partial charge in [-0.3, -0.25) is 9.59 Å². The molecular weight excluding hydrogens is 378 g/mol. The van der Waals surface area contributed by atoms with E-state index in [2.05, 4.69) is 10.6 Å². The van der Waals surface area contributed by atoms with Gasteiger partial charge in [-0.15, -0.1) is 0 Å². The highest BCUT2D eigenvalue weighted by molar-refractivity contribution is 7.89. The first-order chi connectivity index (χ1) is 13.0. The first kappa shape index (κ1) is 21.6. The van der Waals surface area contributed by atoms with E-state index in [1.807, 2.05) is 20.8 Å². The fourth-order valence-corrected chi connectivity index (χ4v) is 3.78. The van der Waals surface area contributed by atoms with Crippen LogP contribution in [-0.2, 0) is 19.6 Å². The summed E-state index contributed by atoms with van der Waals surface area (Å²) in [5, 5.41) is 5.35. The molecule has 0 aliphatic carbocycles. The number of nitrogens with zero attached hydrogens (tertiary/aromatic N) is 1. The number of benzene rings is 2. The van der Waals surface area contributed by atoms with Crippen molar-refractivity contribution in [3.05, 3.63) is 53.1 Å². The van der Waals surface area contributed by atoms with Crippen LogP contribution in [0.4, 0.5) is 11.4 Å². The Balaban J connectivity index is 2.11. The number of rotatable bonds is 6. The average molecular weight is 404 g/mol. The molecule has 2 rings (SSSR count). The highest BCUT2D eigenvalue weighted by Gasteiger charge is 2.23. The van der Waals surface area contributed by atoms with Gasteiger partial charge in [0.25, 0.3) is 0 Å². The Morgan fingerprint density at radius 2 is 1.57 bits per heavy atom. The van der Waals surface area contributed by atoms with E-state index in [1.54, 1.807) is 30.3 Å². The van der Waals surface area contributed by atoms with Crippen molar-refractivity contribution in [3.63, 3.8) is 0 Å². The van der Waals surface area contributed by atoms with Crippen molar-refractivity contribution >= 4 is 33.2 Å². The number of carbonyl (C=O) groups excluding carboxylic acids is 2. The van der Waals surface area contributed by atoms with E-state index in [-0.39, 0.29) is 17.3 Å².